The Labute approximate surface area is 93.2 Å². The zero-order valence-electron chi connectivity index (χ0n) is 7.71. The summed E-state index contributed by atoms with van der Waals surface area (Å²) in [7, 11) is 0. The first-order chi connectivity index (χ1) is 7.31. The minimum Gasteiger partial charge on any atom is -0.370 e. The van der Waals surface area contributed by atoms with Gasteiger partial charge in [0.25, 0.3) is 5.69 Å². The molecule has 0 aliphatic heterocycles. The van der Waals surface area contributed by atoms with E-state index in [9.17, 15) is 23.3 Å². The summed E-state index contributed by atoms with van der Waals surface area (Å²) in [5, 5.41) is 12.3. The van der Waals surface area contributed by atoms with Crippen LogP contribution < -0.4 is 5.32 Å². The Morgan fingerprint density at radius 1 is 1.44 bits per heavy atom. The first-order valence-electron chi connectivity index (χ1n) is 4.05. The Hall–Kier alpha value is -1.50. The first-order valence-corrected chi connectivity index (χ1v) is 4.42. The molecule has 1 aromatic rings. The molecule has 0 aliphatic rings. The lowest BCUT2D eigenvalue weighted by Crippen LogP contribution is -2.21. The fraction of sp³-hybridized carbons (Fsp3) is 0.250. The minimum absolute atomic E-state index is 0.126. The summed E-state index contributed by atoms with van der Waals surface area (Å²) >= 11 is 5.57. The van der Waals surface area contributed by atoms with Gasteiger partial charge < -0.3 is 5.32 Å². The van der Waals surface area contributed by atoms with Crippen LogP contribution in [0.15, 0.2) is 18.2 Å². The minimum atomic E-state index is -4.47. The maximum absolute atomic E-state index is 11.9. The highest BCUT2D eigenvalue weighted by Gasteiger charge is 2.28. The van der Waals surface area contributed by atoms with Crippen molar-refractivity contribution in [3.63, 3.8) is 0 Å². The van der Waals surface area contributed by atoms with Crippen LogP contribution in [0.4, 0.5) is 24.5 Å². The summed E-state index contributed by atoms with van der Waals surface area (Å²) in [6.45, 7) is -1.38. The van der Waals surface area contributed by atoms with Crippen molar-refractivity contribution in [3.05, 3.63) is 33.3 Å². The quantitative estimate of drug-likeness (QED) is 0.665. The zero-order chi connectivity index (χ0) is 12.3. The van der Waals surface area contributed by atoms with E-state index in [4.69, 9.17) is 11.6 Å². The smallest absolute Gasteiger partial charge is 0.370 e. The van der Waals surface area contributed by atoms with Gasteiger partial charge in [-0.15, -0.1) is 0 Å². The summed E-state index contributed by atoms with van der Waals surface area (Å²) in [6, 6.07) is 3.64. The molecule has 88 valence electrons. The molecule has 0 amide bonds. The van der Waals surface area contributed by atoms with Crippen molar-refractivity contribution in [1.82, 2.24) is 0 Å². The fourth-order valence-electron chi connectivity index (χ4n) is 1.03. The van der Waals surface area contributed by atoms with E-state index in [1.165, 1.54) is 12.1 Å². The molecule has 0 atom stereocenters. The Bertz CT molecular complexity index is 409. The summed E-state index contributed by atoms with van der Waals surface area (Å²) in [4.78, 5) is 9.72. The van der Waals surface area contributed by atoms with E-state index in [1.54, 1.807) is 0 Å². The Morgan fingerprint density at radius 2 is 2.06 bits per heavy atom. The Balaban J connectivity index is 2.98. The number of alkyl halides is 3. The van der Waals surface area contributed by atoms with Crippen LogP contribution >= 0.6 is 11.6 Å². The maximum Gasteiger partial charge on any atom is 0.405 e. The summed E-state index contributed by atoms with van der Waals surface area (Å²) in [6.07, 6.45) is -4.47. The van der Waals surface area contributed by atoms with Gasteiger partial charge in [0.2, 0.25) is 0 Å². The average molecular weight is 255 g/mol. The molecule has 0 fully saturated rings. The van der Waals surface area contributed by atoms with E-state index in [1.807, 2.05) is 5.32 Å². The highest BCUT2D eigenvalue weighted by atomic mass is 35.5. The van der Waals surface area contributed by atoms with Crippen molar-refractivity contribution in [2.75, 3.05) is 11.9 Å². The number of nitrogens with zero attached hydrogens (tertiary/aromatic N) is 1. The largest absolute Gasteiger partial charge is 0.405 e. The number of nitro groups is 1. The molecule has 0 unspecified atom stereocenters. The van der Waals surface area contributed by atoms with E-state index < -0.39 is 23.3 Å². The molecular formula is C8H6ClF3N2O2. The molecule has 1 aromatic carbocycles. The van der Waals surface area contributed by atoms with Crippen LogP contribution in [0.1, 0.15) is 0 Å². The molecule has 0 aliphatic carbocycles. The predicted molar refractivity (Wildman–Crippen MR) is 52.7 cm³/mol. The lowest BCUT2D eigenvalue weighted by atomic mass is 10.2. The van der Waals surface area contributed by atoms with Crippen LogP contribution in [0.25, 0.3) is 0 Å². The van der Waals surface area contributed by atoms with E-state index in [0.717, 1.165) is 6.07 Å². The van der Waals surface area contributed by atoms with Gasteiger partial charge in [-0.1, -0.05) is 17.7 Å². The molecule has 1 rings (SSSR count). The molecule has 0 saturated carbocycles. The maximum atomic E-state index is 11.9. The number of benzene rings is 1. The van der Waals surface area contributed by atoms with E-state index >= 15 is 0 Å². The van der Waals surface area contributed by atoms with Crippen LogP contribution in [0.5, 0.6) is 0 Å². The van der Waals surface area contributed by atoms with Gasteiger partial charge in [-0.2, -0.15) is 13.2 Å². The number of hydrogen-bond donors (Lipinski definition) is 1. The molecule has 1 N–H and O–H groups in total. The second-order valence-corrected chi connectivity index (χ2v) is 3.27. The van der Waals surface area contributed by atoms with Gasteiger partial charge in [-0.05, 0) is 6.07 Å². The molecule has 0 heterocycles. The van der Waals surface area contributed by atoms with Gasteiger partial charge in [-0.25, -0.2) is 0 Å². The summed E-state index contributed by atoms with van der Waals surface area (Å²) in [5.74, 6) is 0. The third-order valence-corrected chi connectivity index (χ3v) is 1.97. The molecule has 0 aromatic heterocycles. The SMILES string of the molecule is O=[N+]([O-])c1cccc(Cl)c1NCC(F)(F)F. The number of nitro benzene ring substituents is 1. The molecule has 0 bridgehead atoms. The van der Waals surface area contributed by atoms with Gasteiger partial charge in [0.05, 0.1) is 9.95 Å². The standard InChI is InChI=1S/C8H6ClF3N2O2/c9-5-2-1-3-6(14(15)16)7(5)13-4-8(10,11)12/h1-3,13H,4H2. The second kappa shape index (κ2) is 4.56. The van der Waals surface area contributed by atoms with Crippen molar-refractivity contribution >= 4 is 23.0 Å². The number of hydrogen-bond acceptors (Lipinski definition) is 3. The monoisotopic (exact) mass is 254 g/mol. The second-order valence-electron chi connectivity index (χ2n) is 2.86. The van der Waals surface area contributed by atoms with Gasteiger partial charge in [0, 0.05) is 6.07 Å². The summed E-state index contributed by atoms with van der Waals surface area (Å²) in [5.41, 5.74) is -0.816. The Kier molecular flexibility index (Phi) is 3.58. The normalized spacial score (nSPS) is 11.2. The molecule has 16 heavy (non-hydrogen) atoms. The highest BCUT2D eigenvalue weighted by molar-refractivity contribution is 6.33. The summed E-state index contributed by atoms with van der Waals surface area (Å²) < 4.78 is 35.8. The number of halogens is 4. The molecule has 8 heteroatoms. The third-order valence-electron chi connectivity index (χ3n) is 1.65. The third kappa shape index (κ3) is 3.27. The lowest BCUT2D eigenvalue weighted by molar-refractivity contribution is -0.384. The van der Waals surface area contributed by atoms with Crippen LogP contribution in [-0.4, -0.2) is 17.6 Å². The van der Waals surface area contributed by atoms with Crippen molar-refractivity contribution in [3.8, 4) is 0 Å². The van der Waals surface area contributed by atoms with Crippen LogP contribution in [0.2, 0.25) is 5.02 Å². The number of anilines is 1. The van der Waals surface area contributed by atoms with Crippen molar-refractivity contribution < 1.29 is 18.1 Å². The fourth-order valence-corrected chi connectivity index (χ4v) is 1.26. The van der Waals surface area contributed by atoms with E-state index in [2.05, 4.69) is 0 Å². The molecule has 0 spiro atoms. The number of nitrogens with one attached hydrogen (secondary N) is 1. The highest BCUT2D eigenvalue weighted by Crippen LogP contribution is 2.32. The number of para-hydroxylation sites is 1. The topological polar surface area (TPSA) is 55.2 Å². The van der Waals surface area contributed by atoms with Crippen LogP contribution in [-0.2, 0) is 0 Å². The van der Waals surface area contributed by atoms with Crippen LogP contribution in [0, 0.1) is 10.1 Å². The van der Waals surface area contributed by atoms with Crippen molar-refractivity contribution in [2.45, 2.75) is 6.18 Å². The lowest BCUT2D eigenvalue weighted by Gasteiger charge is -2.10. The molecule has 4 nitrogen and oxygen atoms in total. The Morgan fingerprint density at radius 3 is 2.56 bits per heavy atom. The van der Waals surface area contributed by atoms with Gasteiger partial charge in [-0.3, -0.25) is 10.1 Å². The van der Waals surface area contributed by atoms with Gasteiger partial charge >= 0.3 is 6.18 Å². The zero-order valence-corrected chi connectivity index (χ0v) is 8.47. The average Bonchev–Trinajstić information content (AvgIpc) is 2.13. The van der Waals surface area contributed by atoms with Gasteiger partial charge in [0.1, 0.15) is 12.2 Å². The predicted octanol–water partition coefficient (Wildman–Crippen LogP) is 3.22. The van der Waals surface area contributed by atoms with Crippen molar-refractivity contribution in [1.29, 1.82) is 0 Å². The molecule has 0 saturated heterocycles. The van der Waals surface area contributed by atoms with Gasteiger partial charge in [0.15, 0.2) is 0 Å². The van der Waals surface area contributed by atoms with E-state index in [0.29, 0.717) is 0 Å². The molecular weight excluding hydrogens is 249 g/mol. The van der Waals surface area contributed by atoms with Crippen LogP contribution in [0.3, 0.4) is 0 Å². The van der Waals surface area contributed by atoms with E-state index in [-0.39, 0.29) is 10.7 Å². The van der Waals surface area contributed by atoms with Crippen molar-refractivity contribution in [2.24, 2.45) is 0 Å². The number of rotatable bonds is 3. The first kappa shape index (κ1) is 12.6. The molecule has 0 radical (unpaired) electrons.